The van der Waals surface area contributed by atoms with E-state index in [-0.39, 0.29) is 10.7 Å². The molecular formula is C19H20ClF3N4S. The van der Waals surface area contributed by atoms with Crippen LogP contribution in [0.5, 0.6) is 0 Å². The lowest BCUT2D eigenvalue weighted by atomic mass is 10.2. The number of rotatable bonds is 3. The predicted octanol–water partition coefficient (Wildman–Crippen LogP) is 4.66. The van der Waals surface area contributed by atoms with Gasteiger partial charge in [-0.3, -0.25) is 9.88 Å². The predicted molar refractivity (Wildman–Crippen MR) is 108 cm³/mol. The highest BCUT2D eigenvalue weighted by Crippen LogP contribution is 2.34. The van der Waals surface area contributed by atoms with E-state index in [0.29, 0.717) is 11.7 Å². The van der Waals surface area contributed by atoms with Gasteiger partial charge in [0.05, 0.1) is 16.3 Å². The van der Waals surface area contributed by atoms with Crippen LogP contribution in [0.2, 0.25) is 5.02 Å². The number of thiocarbonyl (C=S) groups is 1. The largest absolute Gasteiger partial charge is 0.416 e. The van der Waals surface area contributed by atoms with E-state index in [1.165, 1.54) is 11.6 Å². The Morgan fingerprint density at radius 3 is 2.57 bits per heavy atom. The molecule has 1 aliphatic heterocycles. The van der Waals surface area contributed by atoms with Crippen LogP contribution in [0.3, 0.4) is 0 Å². The van der Waals surface area contributed by atoms with Crippen LogP contribution in [-0.2, 0) is 12.7 Å². The van der Waals surface area contributed by atoms with Crippen LogP contribution >= 0.6 is 23.8 Å². The second kappa shape index (κ2) is 9.07. The Bertz CT molecular complexity index is 817. The van der Waals surface area contributed by atoms with E-state index >= 15 is 0 Å². The minimum absolute atomic E-state index is 0.166. The number of anilines is 1. The molecule has 0 atom stereocenters. The molecule has 2 heterocycles. The van der Waals surface area contributed by atoms with Crippen molar-refractivity contribution in [2.45, 2.75) is 19.1 Å². The maximum atomic E-state index is 12.9. The molecule has 9 heteroatoms. The van der Waals surface area contributed by atoms with Gasteiger partial charge in [-0.05, 0) is 54.5 Å². The van der Waals surface area contributed by atoms with Gasteiger partial charge < -0.3 is 10.2 Å². The van der Waals surface area contributed by atoms with Crippen LogP contribution in [0.1, 0.15) is 17.5 Å². The first-order valence-corrected chi connectivity index (χ1v) is 9.65. The lowest BCUT2D eigenvalue weighted by Gasteiger charge is -2.25. The summed E-state index contributed by atoms with van der Waals surface area (Å²) < 4.78 is 38.8. The molecule has 1 aromatic heterocycles. The summed E-state index contributed by atoms with van der Waals surface area (Å²) in [5.74, 6) is 0. The van der Waals surface area contributed by atoms with E-state index in [9.17, 15) is 13.2 Å². The molecule has 1 saturated heterocycles. The average Bonchev–Trinajstić information content (AvgIpc) is 2.89. The third kappa shape index (κ3) is 5.56. The molecule has 0 spiro atoms. The lowest BCUT2D eigenvalue weighted by molar-refractivity contribution is -0.137. The number of hydrogen-bond donors (Lipinski definition) is 1. The van der Waals surface area contributed by atoms with Crippen LogP contribution < -0.4 is 5.32 Å². The fourth-order valence-electron chi connectivity index (χ4n) is 3.07. The quantitative estimate of drug-likeness (QED) is 0.719. The SMILES string of the molecule is FC(F)(F)c1ccc(Cl)c(NC(=S)N2CCCN(Cc3ccncc3)CC2)c1. The normalized spacial score (nSPS) is 15.9. The fraction of sp³-hybridized carbons (Fsp3) is 0.368. The number of aromatic nitrogens is 1. The molecule has 2 aromatic rings. The molecule has 1 aliphatic rings. The third-order valence-corrected chi connectivity index (χ3v) is 5.26. The van der Waals surface area contributed by atoms with Gasteiger partial charge in [-0.1, -0.05) is 11.6 Å². The summed E-state index contributed by atoms with van der Waals surface area (Å²) in [5.41, 5.74) is 0.598. The molecule has 0 aliphatic carbocycles. The molecule has 0 radical (unpaired) electrons. The minimum Gasteiger partial charge on any atom is -0.348 e. The zero-order valence-electron chi connectivity index (χ0n) is 15.0. The van der Waals surface area contributed by atoms with E-state index in [0.717, 1.165) is 44.7 Å². The highest BCUT2D eigenvalue weighted by Gasteiger charge is 2.31. The van der Waals surface area contributed by atoms with Gasteiger partial charge in [-0.2, -0.15) is 13.2 Å². The zero-order chi connectivity index (χ0) is 20.1. The van der Waals surface area contributed by atoms with Crippen LogP contribution in [-0.4, -0.2) is 46.1 Å². The van der Waals surface area contributed by atoms with Gasteiger partial charge in [0.2, 0.25) is 0 Å². The first-order valence-electron chi connectivity index (χ1n) is 8.87. The molecule has 1 fully saturated rings. The van der Waals surface area contributed by atoms with Crippen LogP contribution in [0, 0.1) is 0 Å². The van der Waals surface area contributed by atoms with Crippen molar-refractivity contribution in [3.05, 3.63) is 58.9 Å². The Kier molecular flexibility index (Phi) is 6.74. The van der Waals surface area contributed by atoms with Crippen LogP contribution in [0.25, 0.3) is 0 Å². The Morgan fingerprint density at radius 1 is 1.11 bits per heavy atom. The van der Waals surface area contributed by atoms with Gasteiger partial charge in [0.25, 0.3) is 0 Å². The van der Waals surface area contributed by atoms with Crippen molar-refractivity contribution < 1.29 is 13.2 Å². The summed E-state index contributed by atoms with van der Waals surface area (Å²) in [5, 5.41) is 3.46. The molecule has 1 aromatic carbocycles. The summed E-state index contributed by atoms with van der Waals surface area (Å²) in [4.78, 5) is 8.33. The van der Waals surface area contributed by atoms with Crippen molar-refractivity contribution in [2.75, 3.05) is 31.5 Å². The third-order valence-electron chi connectivity index (χ3n) is 4.57. The van der Waals surface area contributed by atoms with Crippen LogP contribution in [0.4, 0.5) is 18.9 Å². The van der Waals surface area contributed by atoms with E-state index in [1.807, 2.05) is 17.0 Å². The molecule has 0 saturated carbocycles. The maximum Gasteiger partial charge on any atom is 0.416 e. The van der Waals surface area contributed by atoms with Crippen molar-refractivity contribution in [3.63, 3.8) is 0 Å². The molecule has 0 bridgehead atoms. The molecule has 1 N–H and O–H groups in total. The average molecular weight is 429 g/mol. The Morgan fingerprint density at radius 2 is 1.86 bits per heavy atom. The molecule has 4 nitrogen and oxygen atoms in total. The van der Waals surface area contributed by atoms with Gasteiger partial charge in [0.1, 0.15) is 0 Å². The molecule has 150 valence electrons. The summed E-state index contributed by atoms with van der Waals surface area (Å²) >= 11 is 11.5. The summed E-state index contributed by atoms with van der Waals surface area (Å²) in [6, 6.07) is 7.16. The highest BCUT2D eigenvalue weighted by molar-refractivity contribution is 7.80. The molecule has 28 heavy (non-hydrogen) atoms. The molecule has 3 rings (SSSR count). The van der Waals surface area contributed by atoms with Crippen molar-refractivity contribution >= 4 is 34.6 Å². The Hall–Kier alpha value is -1.90. The lowest BCUT2D eigenvalue weighted by Crippen LogP contribution is -2.37. The van der Waals surface area contributed by atoms with Crippen molar-refractivity contribution in [3.8, 4) is 0 Å². The fourth-order valence-corrected chi connectivity index (χ4v) is 3.53. The highest BCUT2D eigenvalue weighted by atomic mass is 35.5. The standard InChI is InChI=1S/C19H20ClF3N4S/c20-16-3-2-15(19(21,22)23)12-17(16)25-18(28)27-9-1-8-26(10-11-27)13-14-4-6-24-7-5-14/h2-7,12H,1,8-11,13H2,(H,25,28). The maximum absolute atomic E-state index is 12.9. The molecule has 0 unspecified atom stereocenters. The first-order chi connectivity index (χ1) is 13.3. The van der Waals surface area contributed by atoms with Gasteiger partial charge in [-0.25, -0.2) is 0 Å². The number of alkyl halides is 3. The van der Waals surface area contributed by atoms with E-state index in [2.05, 4.69) is 15.2 Å². The number of nitrogens with zero attached hydrogens (tertiary/aromatic N) is 3. The Labute approximate surface area is 172 Å². The van der Waals surface area contributed by atoms with Crippen molar-refractivity contribution in [1.29, 1.82) is 0 Å². The second-order valence-corrected chi connectivity index (χ2v) is 7.39. The first kappa shape index (κ1) is 20.8. The van der Waals surface area contributed by atoms with E-state index in [4.69, 9.17) is 23.8 Å². The van der Waals surface area contributed by atoms with Gasteiger partial charge in [-0.15, -0.1) is 0 Å². The second-order valence-electron chi connectivity index (χ2n) is 6.59. The zero-order valence-corrected chi connectivity index (χ0v) is 16.6. The van der Waals surface area contributed by atoms with Gasteiger partial charge >= 0.3 is 6.18 Å². The van der Waals surface area contributed by atoms with E-state index in [1.54, 1.807) is 12.4 Å². The van der Waals surface area contributed by atoms with Crippen LogP contribution in [0.15, 0.2) is 42.7 Å². The molecule has 0 amide bonds. The minimum atomic E-state index is -4.43. The summed E-state index contributed by atoms with van der Waals surface area (Å²) in [6.07, 6.45) is 0.0244. The molecular weight excluding hydrogens is 409 g/mol. The topological polar surface area (TPSA) is 31.4 Å². The monoisotopic (exact) mass is 428 g/mol. The number of nitrogens with one attached hydrogen (secondary N) is 1. The van der Waals surface area contributed by atoms with E-state index < -0.39 is 11.7 Å². The van der Waals surface area contributed by atoms with Gasteiger partial charge in [0, 0.05) is 45.1 Å². The Balaban J connectivity index is 1.61. The summed E-state index contributed by atoms with van der Waals surface area (Å²) in [6.45, 7) is 3.98. The van der Waals surface area contributed by atoms with Gasteiger partial charge in [0.15, 0.2) is 5.11 Å². The number of pyridine rings is 1. The summed E-state index contributed by atoms with van der Waals surface area (Å²) in [7, 11) is 0. The number of hydrogen-bond acceptors (Lipinski definition) is 3. The van der Waals surface area contributed by atoms with Crippen molar-refractivity contribution in [2.24, 2.45) is 0 Å². The van der Waals surface area contributed by atoms with Crippen molar-refractivity contribution in [1.82, 2.24) is 14.8 Å². The number of halogens is 4. The number of benzene rings is 1. The smallest absolute Gasteiger partial charge is 0.348 e.